The zero-order valence-corrected chi connectivity index (χ0v) is 17.2. The standard InChI is InChI=1S/C21H23NO5S/c1-5-27-19(23)15-8-11-18-17(12-15)21(3,20(24)22(18)4)13-28(25,26)16-9-6-14(2)7-10-16/h6-12H,5,13H2,1-4H3. The van der Waals surface area contributed by atoms with Crippen molar-refractivity contribution < 1.29 is 22.7 Å². The fourth-order valence-electron chi connectivity index (χ4n) is 3.56. The topological polar surface area (TPSA) is 80.8 Å². The Labute approximate surface area is 165 Å². The van der Waals surface area contributed by atoms with E-state index in [1.807, 2.05) is 6.92 Å². The predicted octanol–water partition coefficient (Wildman–Crippen LogP) is 2.88. The van der Waals surface area contributed by atoms with E-state index in [1.54, 1.807) is 63.4 Å². The van der Waals surface area contributed by atoms with Gasteiger partial charge in [-0.05, 0) is 56.7 Å². The summed E-state index contributed by atoms with van der Waals surface area (Å²) in [4.78, 5) is 26.7. The van der Waals surface area contributed by atoms with Crippen molar-refractivity contribution in [1.82, 2.24) is 0 Å². The number of anilines is 1. The molecule has 0 N–H and O–H groups in total. The van der Waals surface area contributed by atoms with Gasteiger partial charge >= 0.3 is 5.97 Å². The van der Waals surface area contributed by atoms with Crippen LogP contribution in [-0.4, -0.2) is 39.7 Å². The molecule has 0 spiro atoms. The fraction of sp³-hybridized carbons (Fsp3) is 0.333. The van der Waals surface area contributed by atoms with Gasteiger partial charge in [-0.3, -0.25) is 4.79 Å². The molecule has 0 saturated heterocycles. The second-order valence-electron chi connectivity index (χ2n) is 7.22. The molecule has 0 aliphatic carbocycles. The van der Waals surface area contributed by atoms with Crippen LogP contribution in [0.5, 0.6) is 0 Å². The number of hydrogen-bond donors (Lipinski definition) is 0. The molecule has 0 saturated carbocycles. The highest BCUT2D eigenvalue weighted by Crippen LogP contribution is 2.43. The molecule has 28 heavy (non-hydrogen) atoms. The van der Waals surface area contributed by atoms with Gasteiger partial charge in [-0.25, -0.2) is 13.2 Å². The van der Waals surface area contributed by atoms with Crippen molar-refractivity contribution in [3.63, 3.8) is 0 Å². The molecule has 1 unspecified atom stereocenters. The van der Waals surface area contributed by atoms with Crippen molar-refractivity contribution in [2.75, 3.05) is 24.3 Å². The van der Waals surface area contributed by atoms with Crippen LogP contribution in [0, 0.1) is 6.92 Å². The van der Waals surface area contributed by atoms with Crippen LogP contribution in [-0.2, 0) is 24.8 Å². The Balaban J connectivity index is 2.06. The summed E-state index contributed by atoms with van der Waals surface area (Å²) in [6.45, 7) is 5.42. The van der Waals surface area contributed by atoms with E-state index < -0.39 is 21.2 Å². The lowest BCUT2D eigenvalue weighted by molar-refractivity contribution is -0.121. The van der Waals surface area contributed by atoms with Crippen molar-refractivity contribution in [2.24, 2.45) is 0 Å². The van der Waals surface area contributed by atoms with E-state index in [2.05, 4.69) is 0 Å². The van der Waals surface area contributed by atoms with Crippen molar-refractivity contribution in [3.05, 3.63) is 59.2 Å². The molecule has 1 aliphatic heterocycles. The zero-order chi connectivity index (χ0) is 20.7. The maximum absolute atomic E-state index is 13.0. The molecule has 1 heterocycles. The molecule has 0 aromatic heterocycles. The largest absolute Gasteiger partial charge is 0.462 e. The third-order valence-corrected chi connectivity index (χ3v) is 7.05. The van der Waals surface area contributed by atoms with Crippen LogP contribution < -0.4 is 4.90 Å². The molecular weight excluding hydrogens is 378 g/mol. The molecule has 2 aromatic rings. The molecule has 6 nitrogen and oxygen atoms in total. The summed E-state index contributed by atoms with van der Waals surface area (Å²) in [7, 11) is -2.12. The summed E-state index contributed by atoms with van der Waals surface area (Å²) in [6, 6.07) is 11.4. The molecule has 3 rings (SSSR count). The van der Waals surface area contributed by atoms with Gasteiger partial charge in [0.25, 0.3) is 0 Å². The number of fused-ring (bicyclic) bond motifs is 1. The van der Waals surface area contributed by atoms with Crippen LogP contribution >= 0.6 is 0 Å². The second kappa shape index (κ2) is 7.05. The van der Waals surface area contributed by atoms with E-state index in [9.17, 15) is 18.0 Å². The summed E-state index contributed by atoms with van der Waals surface area (Å²) in [5.74, 6) is -1.21. The first-order valence-corrected chi connectivity index (χ1v) is 10.6. The minimum absolute atomic E-state index is 0.171. The van der Waals surface area contributed by atoms with E-state index in [0.29, 0.717) is 16.8 Å². The average Bonchev–Trinajstić information content (AvgIpc) is 2.83. The average molecular weight is 401 g/mol. The Morgan fingerprint density at radius 2 is 1.79 bits per heavy atom. The Morgan fingerprint density at radius 1 is 1.14 bits per heavy atom. The lowest BCUT2D eigenvalue weighted by atomic mass is 9.85. The number of carbonyl (C=O) groups excluding carboxylic acids is 2. The van der Waals surface area contributed by atoms with Gasteiger partial charge in [0.15, 0.2) is 9.84 Å². The van der Waals surface area contributed by atoms with Crippen LogP contribution in [0.3, 0.4) is 0 Å². The summed E-state index contributed by atoms with van der Waals surface area (Å²) in [5, 5.41) is 0. The molecular formula is C21H23NO5S. The van der Waals surface area contributed by atoms with Crippen LogP contribution in [0.15, 0.2) is 47.4 Å². The molecule has 2 aromatic carbocycles. The van der Waals surface area contributed by atoms with Crippen molar-refractivity contribution in [1.29, 1.82) is 0 Å². The highest BCUT2D eigenvalue weighted by molar-refractivity contribution is 7.91. The number of benzene rings is 2. The second-order valence-corrected chi connectivity index (χ2v) is 9.21. The van der Waals surface area contributed by atoms with E-state index in [0.717, 1.165) is 5.56 Å². The number of likely N-dealkylation sites (N-methyl/N-ethyl adjacent to an activating group) is 1. The molecule has 148 valence electrons. The minimum Gasteiger partial charge on any atom is -0.462 e. The summed E-state index contributed by atoms with van der Waals surface area (Å²) >= 11 is 0. The predicted molar refractivity (Wildman–Crippen MR) is 106 cm³/mol. The molecule has 1 aliphatic rings. The number of ether oxygens (including phenoxy) is 1. The molecule has 7 heteroatoms. The third-order valence-electron chi connectivity index (χ3n) is 5.10. The van der Waals surface area contributed by atoms with E-state index in [1.165, 1.54) is 4.90 Å². The van der Waals surface area contributed by atoms with Gasteiger partial charge in [0, 0.05) is 12.7 Å². The van der Waals surface area contributed by atoms with Crippen molar-refractivity contribution in [2.45, 2.75) is 31.1 Å². The maximum Gasteiger partial charge on any atom is 0.338 e. The number of carbonyl (C=O) groups is 2. The first-order valence-electron chi connectivity index (χ1n) is 8.99. The van der Waals surface area contributed by atoms with E-state index in [4.69, 9.17) is 4.74 Å². The van der Waals surface area contributed by atoms with Gasteiger partial charge in [-0.2, -0.15) is 0 Å². The number of amides is 1. The summed E-state index contributed by atoms with van der Waals surface area (Å²) in [5.41, 5.74) is 1.06. The Bertz CT molecular complexity index is 1040. The van der Waals surface area contributed by atoms with Crippen molar-refractivity contribution >= 4 is 27.4 Å². The first kappa shape index (κ1) is 20.1. The summed E-state index contributed by atoms with van der Waals surface area (Å²) in [6.07, 6.45) is 0. The molecule has 0 radical (unpaired) electrons. The fourth-order valence-corrected chi connectivity index (χ4v) is 5.31. The molecule has 0 fully saturated rings. The monoisotopic (exact) mass is 401 g/mol. The first-order chi connectivity index (χ1) is 13.1. The number of sulfone groups is 1. The van der Waals surface area contributed by atoms with Crippen LogP contribution in [0.25, 0.3) is 0 Å². The minimum atomic E-state index is -3.72. The molecule has 0 bridgehead atoms. The van der Waals surface area contributed by atoms with Crippen LogP contribution in [0.1, 0.15) is 35.3 Å². The normalized spacial score (nSPS) is 18.9. The molecule has 1 atom stereocenters. The number of rotatable bonds is 5. The van der Waals surface area contributed by atoms with Gasteiger partial charge < -0.3 is 9.64 Å². The maximum atomic E-state index is 13.0. The van der Waals surface area contributed by atoms with Crippen LogP contribution in [0.4, 0.5) is 5.69 Å². The number of hydrogen-bond acceptors (Lipinski definition) is 5. The van der Waals surface area contributed by atoms with E-state index >= 15 is 0 Å². The Morgan fingerprint density at radius 3 is 2.39 bits per heavy atom. The zero-order valence-electron chi connectivity index (χ0n) is 16.4. The Hall–Kier alpha value is -2.67. The lowest BCUT2D eigenvalue weighted by Gasteiger charge is -2.23. The van der Waals surface area contributed by atoms with Gasteiger partial charge in [0.1, 0.15) is 0 Å². The SMILES string of the molecule is CCOC(=O)c1ccc2c(c1)C(C)(CS(=O)(=O)c1ccc(C)cc1)C(=O)N2C. The van der Waals surface area contributed by atoms with Gasteiger partial charge in [0.2, 0.25) is 5.91 Å². The Kier molecular flexibility index (Phi) is 5.06. The number of esters is 1. The highest BCUT2D eigenvalue weighted by atomic mass is 32.2. The smallest absolute Gasteiger partial charge is 0.338 e. The van der Waals surface area contributed by atoms with E-state index in [-0.39, 0.29) is 23.2 Å². The quantitative estimate of drug-likeness (QED) is 0.720. The third kappa shape index (κ3) is 3.30. The lowest BCUT2D eigenvalue weighted by Crippen LogP contribution is -2.41. The van der Waals surface area contributed by atoms with Gasteiger partial charge in [-0.15, -0.1) is 0 Å². The van der Waals surface area contributed by atoms with Crippen molar-refractivity contribution in [3.8, 4) is 0 Å². The summed E-state index contributed by atoms with van der Waals surface area (Å²) < 4.78 is 31.1. The van der Waals surface area contributed by atoms with Crippen LogP contribution in [0.2, 0.25) is 0 Å². The number of nitrogens with zero attached hydrogens (tertiary/aromatic N) is 1. The molecule has 1 amide bonds. The van der Waals surface area contributed by atoms with Gasteiger partial charge in [-0.1, -0.05) is 17.7 Å². The number of aryl methyl sites for hydroxylation is 1. The van der Waals surface area contributed by atoms with Gasteiger partial charge in [0.05, 0.1) is 28.2 Å². The highest BCUT2D eigenvalue weighted by Gasteiger charge is 2.49.